The molecule has 1 unspecified atom stereocenters. The van der Waals surface area contributed by atoms with Gasteiger partial charge >= 0.3 is 0 Å². The molecule has 7 heteroatoms. The molecule has 0 aliphatic heterocycles. The Bertz CT molecular complexity index is 935. The van der Waals surface area contributed by atoms with E-state index in [1.54, 1.807) is 32.9 Å². The van der Waals surface area contributed by atoms with Crippen LogP contribution in [0.15, 0.2) is 24.3 Å². The van der Waals surface area contributed by atoms with Crippen molar-refractivity contribution in [2.75, 3.05) is 6.61 Å². The predicted molar refractivity (Wildman–Crippen MR) is 141 cm³/mol. The molecule has 4 aliphatic rings. The van der Waals surface area contributed by atoms with Crippen molar-refractivity contribution in [1.29, 1.82) is 0 Å². The normalized spacial score (nSPS) is 44.2. The first-order valence-corrected chi connectivity index (χ1v) is 14.0. The number of hydrogen-bond acceptors (Lipinski definition) is 7. The number of carbonyl (C=O) groups excluding carboxylic acids is 1. The Kier molecular flexibility index (Phi) is 7.44. The summed E-state index contributed by atoms with van der Waals surface area (Å²) in [7, 11) is 0. The monoisotopic (exact) mass is 520 g/mol. The Hall–Kier alpha value is -1.09. The van der Waals surface area contributed by atoms with Gasteiger partial charge < -0.3 is 30.3 Å². The average molecular weight is 521 g/mol. The van der Waals surface area contributed by atoms with Crippen LogP contribution in [0.25, 0.3) is 0 Å². The lowest BCUT2D eigenvalue weighted by Crippen LogP contribution is -2.63. The number of fused-ring (bicyclic) bond motifs is 5. The van der Waals surface area contributed by atoms with Gasteiger partial charge in [0.15, 0.2) is 5.78 Å². The largest absolute Gasteiger partial charge is 0.390 e. The minimum Gasteiger partial charge on any atom is -0.390 e. The van der Waals surface area contributed by atoms with Crippen molar-refractivity contribution in [1.82, 2.24) is 0 Å². The third kappa shape index (κ3) is 4.57. The molecule has 5 N–H and O–H groups in total. The van der Waals surface area contributed by atoms with Gasteiger partial charge in [0.2, 0.25) is 0 Å². The summed E-state index contributed by atoms with van der Waals surface area (Å²) in [5.74, 6) is -0.804. The molecule has 37 heavy (non-hydrogen) atoms. The third-order valence-corrected chi connectivity index (χ3v) is 10.9. The van der Waals surface area contributed by atoms with E-state index in [4.69, 9.17) is 4.74 Å². The van der Waals surface area contributed by atoms with Gasteiger partial charge in [-0.05, 0) is 101 Å². The summed E-state index contributed by atoms with van der Waals surface area (Å²) < 4.78 is 6.07. The van der Waals surface area contributed by atoms with Crippen molar-refractivity contribution in [3.05, 3.63) is 24.3 Å². The van der Waals surface area contributed by atoms with Crippen molar-refractivity contribution >= 4 is 5.78 Å². The van der Waals surface area contributed by atoms with Gasteiger partial charge in [0, 0.05) is 11.3 Å². The van der Waals surface area contributed by atoms with Gasteiger partial charge in [0.25, 0.3) is 0 Å². The molecule has 3 saturated carbocycles. The molecule has 0 bridgehead atoms. The zero-order valence-corrected chi connectivity index (χ0v) is 23.2. The number of carbonyl (C=O) groups is 1. The number of ketones is 1. The third-order valence-electron chi connectivity index (χ3n) is 10.9. The molecular weight excluding hydrogens is 472 g/mol. The second kappa shape index (κ2) is 9.53. The molecule has 7 nitrogen and oxygen atoms in total. The van der Waals surface area contributed by atoms with Crippen LogP contribution in [0.1, 0.15) is 86.0 Å². The van der Waals surface area contributed by atoms with Crippen LogP contribution in [0.5, 0.6) is 0 Å². The second-order valence-corrected chi connectivity index (χ2v) is 13.8. The molecule has 10 atom stereocenters. The molecule has 0 aromatic heterocycles. The van der Waals surface area contributed by atoms with E-state index in [0.29, 0.717) is 38.5 Å². The first-order valence-electron chi connectivity index (χ1n) is 14.0. The van der Waals surface area contributed by atoms with Crippen LogP contribution < -0.4 is 0 Å². The summed E-state index contributed by atoms with van der Waals surface area (Å²) in [6, 6.07) is 0. The molecular formula is C30H48O7. The summed E-state index contributed by atoms with van der Waals surface area (Å²) in [4.78, 5) is 13.4. The fourth-order valence-electron chi connectivity index (χ4n) is 8.74. The van der Waals surface area contributed by atoms with E-state index < -0.39 is 45.9 Å². The van der Waals surface area contributed by atoms with Gasteiger partial charge in [0.05, 0.1) is 41.7 Å². The van der Waals surface area contributed by atoms with Crippen molar-refractivity contribution < 1.29 is 35.1 Å². The summed E-state index contributed by atoms with van der Waals surface area (Å²) in [5, 5.41) is 55.6. The lowest BCUT2D eigenvalue weighted by atomic mass is 9.45. The minimum absolute atomic E-state index is 0.0675. The zero-order valence-electron chi connectivity index (χ0n) is 23.2. The number of rotatable bonds is 8. The van der Waals surface area contributed by atoms with Gasteiger partial charge in [-0.25, -0.2) is 0 Å². The lowest BCUT2D eigenvalue weighted by Gasteiger charge is -2.60. The molecule has 0 heterocycles. The van der Waals surface area contributed by atoms with Crippen LogP contribution in [0.4, 0.5) is 0 Å². The van der Waals surface area contributed by atoms with Crippen LogP contribution in [0.3, 0.4) is 0 Å². The smallest absolute Gasteiger partial charge is 0.159 e. The predicted octanol–water partition coefficient (Wildman–Crippen LogP) is 3.06. The van der Waals surface area contributed by atoms with Crippen LogP contribution in [-0.2, 0) is 9.53 Å². The SMILES string of the molecule is C=CCOC(CCC(C)(C)O)[C@](C)(O)[C@H]1CC[C@@]2(O)C3=CC(=O)[C@@H]4C[C@@H](O)[C@@H](O)C[C@]4(C)[C@H]3CC[C@]12C. The van der Waals surface area contributed by atoms with E-state index in [-0.39, 0.29) is 36.6 Å². The highest BCUT2D eigenvalue weighted by molar-refractivity contribution is 5.95. The van der Waals surface area contributed by atoms with E-state index in [1.165, 1.54) is 0 Å². The molecule has 0 aromatic rings. The second-order valence-electron chi connectivity index (χ2n) is 13.8. The highest BCUT2D eigenvalue weighted by atomic mass is 16.5. The number of allylic oxidation sites excluding steroid dienone is 1. The molecule has 0 spiro atoms. The number of ether oxygens (including phenoxy) is 1. The van der Waals surface area contributed by atoms with E-state index in [2.05, 4.69) is 6.58 Å². The van der Waals surface area contributed by atoms with Gasteiger partial charge in [0.1, 0.15) is 0 Å². The van der Waals surface area contributed by atoms with Crippen LogP contribution >= 0.6 is 0 Å². The minimum atomic E-state index is -1.28. The van der Waals surface area contributed by atoms with Crippen molar-refractivity contribution in [3.63, 3.8) is 0 Å². The van der Waals surface area contributed by atoms with Gasteiger partial charge in [-0.1, -0.05) is 19.9 Å². The van der Waals surface area contributed by atoms with Crippen LogP contribution in [-0.4, -0.2) is 73.0 Å². The highest BCUT2D eigenvalue weighted by Gasteiger charge is 2.69. The van der Waals surface area contributed by atoms with Crippen LogP contribution in [0, 0.1) is 28.6 Å². The van der Waals surface area contributed by atoms with Crippen molar-refractivity contribution in [2.45, 2.75) is 121 Å². The standard InChI is InChI=1S/C30H48O7/c1-7-14-37-25(10-11-26(2,3)34)29(6,35)24-9-13-30(36)19-15-21(31)20-16-22(32)23(33)17-27(20,4)18(19)8-12-28(24,30)5/h7,15,18,20,22-25,32-36H,1,8-14,16-17H2,2-6H3/t18-,20-,22+,23-,24-,25?,27+,28+,29+,30+/m0/s1. The molecule has 0 aromatic carbocycles. The molecule has 3 fully saturated rings. The van der Waals surface area contributed by atoms with Gasteiger partial charge in [-0.2, -0.15) is 0 Å². The maximum Gasteiger partial charge on any atom is 0.159 e. The zero-order chi connectivity index (χ0) is 27.6. The molecule has 210 valence electrons. The quantitative estimate of drug-likeness (QED) is 0.311. The fraction of sp³-hybridized carbons (Fsp3) is 0.833. The number of aliphatic hydroxyl groups excluding tert-OH is 2. The van der Waals surface area contributed by atoms with E-state index in [1.807, 2.05) is 13.8 Å². The molecule has 4 rings (SSSR count). The summed E-state index contributed by atoms with van der Waals surface area (Å²) in [6.45, 7) is 13.4. The van der Waals surface area contributed by atoms with Crippen molar-refractivity contribution in [3.8, 4) is 0 Å². The highest BCUT2D eigenvalue weighted by Crippen LogP contribution is 2.68. The maximum absolute atomic E-state index is 13.4. The molecule has 0 saturated heterocycles. The lowest BCUT2D eigenvalue weighted by molar-refractivity contribution is -0.184. The summed E-state index contributed by atoms with van der Waals surface area (Å²) >= 11 is 0. The Labute approximate surface area is 221 Å². The van der Waals surface area contributed by atoms with Gasteiger partial charge in [-0.3, -0.25) is 4.79 Å². The summed E-state index contributed by atoms with van der Waals surface area (Å²) in [5.41, 5.74) is -3.90. The van der Waals surface area contributed by atoms with Crippen LogP contribution in [0.2, 0.25) is 0 Å². The fourth-order valence-corrected chi connectivity index (χ4v) is 8.74. The molecule has 0 radical (unpaired) electrons. The molecule has 0 amide bonds. The van der Waals surface area contributed by atoms with E-state index in [0.717, 1.165) is 12.0 Å². The van der Waals surface area contributed by atoms with Crippen molar-refractivity contribution in [2.24, 2.45) is 28.6 Å². The topological polar surface area (TPSA) is 127 Å². The van der Waals surface area contributed by atoms with E-state index in [9.17, 15) is 30.3 Å². The first kappa shape index (κ1) is 28.9. The Balaban J connectivity index is 1.68. The van der Waals surface area contributed by atoms with Gasteiger partial charge in [-0.15, -0.1) is 6.58 Å². The Morgan fingerprint density at radius 2 is 1.81 bits per heavy atom. The number of aliphatic hydroxyl groups is 5. The Morgan fingerprint density at radius 3 is 2.43 bits per heavy atom. The average Bonchev–Trinajstić information content (AvgIpc) is 3.07. The number of hydrogen-bond donors (Lipinski definition) is 5. The van der Waals surface area contributed by atoms with E-state index >= 15 is 0 Å². The summed E-state index contributed by atoms with van der Waals surface area (Å²) in [6.07, 6.45) is 4.84. The maximum atomic E-state index is 13.4. The molecule has 4 aliphatic carbocycles. The Morgan fingerprint density at radius 1 is 1.14 bits per heavy atom. The first-order chi connectivity index (χ1) is 17.0.